The molecule has 2 aromatic carbocycles. The van der Waals surface area contributed by atoms with Crippen LogP contribution in [0.15, 0.2) is 65.8 Å². The summed E-state index contributed by atoms with van der Waals surface area (Å²) < 4.78 is 36.4. The molecule has 4 heterocycles. The maximum atomic E-state index is 12.9. The van der Waals surface area contributed by atoms with Crippen molar-refractivity contribution < 1.29 is 22.7 Å². The third-order valence-electron chi connectivity index (χ3n) is 7.09. The number of pyridine rings is 2. The number of hydrogen-bond donors (Lipinski definition) is 1. The molecular weight excluding hydrogens is 530 g/mol. The van der Waals surface area contributed by atoms with Gasteiger partial charge in [-0.15, -0.1) is 0 Å². The zero-order valence-corrected chi connectivity index (χ0v) is 23.1. The number of fused-ring (bicyclic) bond motifs is 3. The summed E-state index contributed by atoms with van der Waals surface area (Å²) in [6.07, 6.45) is 3.62. The highest BCUT2D eigenvalue weighted by Crippen LogP contribution is 2.37. The first kappa shape index (κ1) is 26.0. The van der Waals surface area contributed by atoms with Gasteiger partial charge in [-0.25, -0.2) is 13.4 Å². The Hall–Kier alpha value is -4.22. The second kappa shape index (κ2) is 10.4. The van der Waals surface area contributed by atoms with Gasteiger partial charge in [-0.1, -0.05) is 12.1 Å². The van der Waals surface area contributed by atoms with Gasteiger partial charge in [-0.05, 0) is 41.3 Å². The fraction of sp³-hybridized carbons (Fsp3) is 0.276. The van der Waals surface area contributed by atoms with Gasteiger partial charge in [0.15, 0.2) is 21.4 Å². The zero-order chi connectivity index (χ0) is 27.9. The van der Waals surface area contributed by atoms with Crippen LogP contribution in [-0.2, 0) is 27.7 Å². The highest BCUT2D eigenvalue weighted by Gasteiger charge is 2.24. The normalized spacial score (nSPS) is 15.9. The van der Waals surface area contributed by atoms with Crippen LogP contribution in [-0.4, -0.2) is 63.9 Å². The molecule has 206 valence electrons. The van der Waals surface area contributed by atoms with E-state index < -0.39 is 9.84 Å². The van der Waals surface area contributed by atoms with E-state index in [0.717, 1.165) is 33.7 Å². The minimum absolute atomic E-state index is 0.0999. The van der Waals surface area contributed by atoms with E-state index >= 15 is 0 Å². The SMILES string of the molecule is CN(C)c1cnc2c(c1)OCCN2c1ccc2cnc(CNC(=O)c3ccc4c(c3)S(=O)(=O)CCOC4)cc2c1. The second-order valence-corrected chi connectivity index (χ2v) is 12.1. The molecular formula is C29H29N5O5S. The van der Waals surface area contributed by atoms with Crippen LogP contribution >= 0.6 is 0 Å². The molecule has 0 fully saturated rings. The Morgan fingerprint density at radius 1 is 1.02 bits per heavy atom. The number of sulfone groups is 1. The number of ether oxygens (including phenoxy) is 2. The Kier molecular flexibility index (Phi) is 6.77. The Labute approximate surface area is 232 Å². The number of aromatic nitrogens is 2. The summed E-state index contributed by atoms with van der Waals surface area (Å²) in [6, 6.07) is 14.8. The van der Waals surface area contributed by atoms with Crippen LogP contribution in [0.25, 0.3) is 10.8 Å². The van der Waals surface area contributed by atoms with Crippen molar-refractivity contribution in [3.63, 3.8) is 0 Å². The highest BCUT2D eigenvalue weighted by molar-refractivity contribution is 7.91. The molecule has 1 amide bonds. The van der Waals surface area contributed by atoms with E-state index in [1.807, 2.05) is 49.5 Å². The maximum absolute atomic E-state index is 12.9. The lowest BCUT2D eigenvalue weighted by atomic mass is 10.1. The lowest BCUT2D eigenvalue weighted by Gasteiger charge is -2.31. The number of benzene rings is 2. The summed E-state index contributed by atoms with van der Waals surface area (Å²) in [7, 11) is 0.435. The number of carbonyl (C=O) groups is 1. The number of rotatable bonds is 5. The molecule has 11 heteroatoms. The molecule has 2 aliphatic rings. The van der Waals surface area contributed by atoms with Gasteiger partial charge in [0.25, 0.3) is 5.91 Å². The van der Waals surface area contributed by atoms with Crippen molar-refractivity contribution in [1.29, 1.82) is 0 Å². The minimum Gasteiger partial charge on any atom is -0.488 e. The minimum atomic E-state index is -3.50. The van der Waals surface area contributed by atoms with E-state index in [1.165, 1.54) is 6.07 Å². The van der Waals surface area contributed by atoms with Crippen molar-refractivity contribution in [2.24, 2.45) is 0 Å². The van der Waals surface area contributed by atoms with Gasteiger partial charge in [0.1, 0.15) is 6.61 Å². The summed E-state index contributed by atoms with van der Waals surface area (Å²) in [5.74, 6) is 1.05. The Morgan fingerprint density at radius 2 is 1.90 bits per heavy atom. The number of nitrogens with one attached hydrogen (secondary N) is 1. The molecule has 0 aliphatic carbocycles. The van der Waals surface area contributed by atoms with E-state index in [2.05, 4.69) is 26.3 Å². The molecule has 40 heavy (non-hydrogen) atoms. The van der Waals surface area contributed by atoms with E-state index in [-0.39, 0.29) is 41.9 Å². The van der Waals surface area contributed by atoms with Crippen LogP contribution in [0.1, 0.15) is 21.6 Å². The van der Waals surface area contributed by atoms with Crippen molar-refractivity contribution in [3.05, 3.63) is 77.7 Å². The van der Waals surface area contributed by atoms with E-state index in [1.54, 1.807) is 18.3 Å². The molecule has 0 unspecified atom stereocenters. The molecule has 0 radical (unpaired) electrons. The number of nitrogens with zero attached hydrogens (tertiary/aromatic N) is 4. The third-order valence-corrected chi connectivity index (χ3v) is 8.84. The van der Waals surface area contributed by atoms with Crippen LogP contribution in [0.2, 0.25) is 0 Å². The van der Waals surface area contributed by atoms with Crippen molar-refractivity contribution >= 4 is 43.7 Å². The molecule has 0 atom stereocenters. The summed E-state index contributed by atoms with van der Waals surface area (Å²) in [4.78, 5) is 26.4. The number of amides is 1. The molecule has 10 nitrogen and oxygen atoms in total. The topological polar surface area (TPSA) is 114 Å². The van der Waals surface area contributed by atoms with Crippen LogP contribution < -0.4 is 19.9 Å². The average molecular weight is 560 g/mol. The van der Waals surface area contributed by atoms with Gasteiger partial charge in [0.2, 0.25) is 0 Å². The van der Waals surface area contributed by atoms with Crippen LogP contribution in [0, 0.1) is 0 Å². The Morgan fingerprint density at radius 3 is 2.75 bits per heavy atom. The number of anilines is 3. The summed E-state index contributed by atoms with van der Waals surface area (Å²) >= 11 is 0. The van der Waals surface area contributed by atoms with E-state index in [4.69, 9.17) is 9.47 Å². The fourth-order valence-electron chi connectivity index (χ4n) is 4.86. The van der Waals surface area contributed by atoms with Crippen LogP contribution in [0.3, 0.4) is 0 Å². The molecule has 0 saturated carbocycles. The molecule has 0 bridgehead atoms. The zero-order valence-electron chi connectivity index (χ0n) is 22.3. The van der Waals surface area contributed by atoms with Crippen LogP contribution in [0.5, 0.6) is 5.75 Å². The monoisotopic (exact) mass is 559 g/mol. The molecule has 0 spiro atoms. The Bertz CT molecular complexity index is 1720. The average Bonchev–Trinajstić information content (AvgIpc) is 3.11. The van der Waals surface area contributed by atoms with Crippen molar-refractivity contribution in [2.75, 3.05) is 49.4 Å². The van der Waals surface area contributed by atoms with Crippen molar-refractivity contribution in [2.45, 2.75) is 18.0 Å². The maximum Gasteiger partial charge on any atom is 0.251 e. The van der Waals surface area contributed by atoms with E-state index in [0.29, 0.717) is 24.4 Å². The fourth-order valence-corrected chi connectivity index (χ4v) is 6.25. The molecule has 0 saturated heterocycles. The number of carbonyl (C=O) groups excluding carboxylic acids is 1. The lowest BCUT2D eigenvalue weighted by Crippen LogP contribution is -2.29. The summed E-state index contributed by atoms with van der Waals surface area (Å²) in [5, 5.41) is 4.82. The summed E-state index contributed by atoms with van der Waals surface area (Å²) in [6.45, 7) is 1.77. The van der Waals surface area contributed by atoms with Crippen LogP contribution in [0.4, 0.5) is 17.2 Å². The largest absolute Gasteiger partial charge is 0.488 e. The molecule has 6 rings (SSSR count). The van der Waals surface area contributed by atoms with Gasteiger partial charge in [0.05, 0.1) is 54.5 Å². The first-order valence-corrected chi connectivity index (χ1v) is 14.6. The first-order valence-electron chi connectivity index (χ1n) is 13.0. The molecule has 1 N–H and O–H groups in total. The molecule has 2 aromatic heterocycles. The smallest absolute Gasteiger partial charge is 0.251 e. The van der Waals surface area contributed by atoms with Gasteiger partial charge in [0, 0.05) is 43.0 Å². The lowest BCUT2D eigenvalue weighted by molar-refractivity contribution is 0.0950. The van der Waals surface area contributed by atoms with Gasteiger partial charge in [-0.2, -0.15) is 0 Å². The molecule has 4 aromatic rings. The molecule has 2 aliphatic heterocycles. The Balaban J connectivity index is 1.21. The summed E-state index contributed by atoms with van der Waals surface area (Å²) in [5.41, 5.74) is 3.49. The predicted molar refractivity (Wildman–Crippen MR) is 152 cm³/mol. The van der Waals surface area contributed by atoms with Gasteiger partial charge in [-0.3, -0.25) is 9.78 Å². The van der Waals surface area contributed by atoms with Crippen molar-refractivity contribution in [3.8, 4) is 5.75 Å². The quantitative estimate of drug-likeness (QED) is 0.393. The third kappa shape index (κ3) is 5.05. The van der Waals surface area contributed by atoms with Gasteiger partial charge >= 0.3 is 0 Å². The number of hydrogen-bond acceptors (Lipinski definition) is 9. The standard InChI is InChI=1S/C29H29N5O5S/c1-33(2)25-14-26-28(31-17-25)34(7-8-39-26)24-6-5-20-15-30-23(11-22(20)12-24)16-32-29(35)19-3-4-21-18-38-9-10-40(36,37)27(21)13-19/h3-6,11-15,17H,7-10,16,18H2,1-2H3,(H,32,35). The first-order chi connectivity index (χ1) is 19.3. The predicted octanol–water partition coefficient (Wildman–Crippen LogP) is 3.46. The highest BCUT2D eigenvalue weighted by atomic mass is 32.2. The van der Waals surface area contributed by atoms with E-state index in [9.17, 15) is 13.2 Å². The second-order valence-electron chi connectivity index (χ2n) is 9.99. The van der Waals surface area contributed by atoms with Crippen molar-refractivity contribution in [1.82, 2.24) is 15.3 Å². The van der Waals surface area contributed by atoms with Gasteiger partial charge < -0.3 is 24.6 Å².